The maximum Gasteiger partial charge on any atom is 0.324 e. The van der Waals surface area contributed by atoms with Gasteiger partial charge in [-0.3, -0.25) is 14.9 Å². The molecule has 0 spiro atoms. The molecule has 0 unspecified atom stereocenters. The molecular formula is C21H16N4O4S2. The fourth-order valence-corrected chi connectivity index (χ4v) is 4.42. The van der Waals surface area contributed by atoms with Crippen LogP contribution in [0.5, 0.6) is 5.75 Å². The Morgan fingerprint density at radius 2 is 1.94 bits per heavy atom. The van der Waals surface area contributed by atoms with Crippen LogP contribution in [0.25, 0.3) is 10.2 Å². The smallest absolute Gasteiger partial charge is 0.324 e. The molecule has 2 aromatic heterocycles. The van der Waals surface area contributed by atoms with Gasteiger partial charge in [-0.25, -0.2) is 4.98 Å². The van der Waals surface area contributed by atoms with Crippen molar-refractivity contribution in [2.45, 2.75) is 6.92 Å². The van der Waals surface area contributed by atoms with Crippen LogP contribution in [0.4, 0.5) is 10.1 Å². The number of nitro groups is 1. The number of rotatable bonds is 6. The Morgan fingerprint density at radius 1 is 1.16 bits per heavy atom. The van der Waals surface area contributed by atoms with E-state index in [-0.39, 0.29) is 9.88 Å². The first-order valence-corrected chi connectivity index (χ1v) is 10.7. The standard InChI is InChI=1S/C21H16N4O4S2/c1-13-3-5-14(6-4-13)12-22-24(20(26)17-9-10-19(30-17)25(27)28)21-23-16-8-7-15(29-2)11-18(16)31-21/h3-12H,1-2H3/b22-12+. The number of benzene rings is 2. The Bertz CT molecular complexity index is 1290. The third-order valence-corrected chi connectivity index (χ3v) is 6.36. The van der Waals surface area contributed by atoms with Crippen molar-refractivity contribution in [2.75, 3.05) is 12.1 Å². The lowest BCUT2D eigenvalue weighted by molar-refractivity contribution is -0.380. The average Bonchev–Trinajstić information content (AvgIpc) is 3.42. The van der Waals surface area contributed by atoms with Gasteiger partial charge in [0.05, 0.1) is 28.5 Å². The Morgan fingerprint density at radius 3 is 2.61 bits per heavy atom. The molecule has 1 amide bonds. The molecule has 4 rings (SSSR count). The predicted octanol–water partition coefficient (Wildman–Crippen LogP) is 5.26. The zero-order valence-electron chi connectivity index (χ0n) is 16.5. The highest BCUT2D eigenvalue weighted by atomic mass is 32.1. The molecule has 31 heavy (non-hydrogen) atoms. The number of thiophene rings is 1. The number of anilines is 1. The van der Waals surface area contributed by atoms with Crippen molar-refractivity contribution in [2.24, 2.45) is 5.10 Å². The molecule has 156 valence electrons. The molecule has 0 aliphatic heterocycles. The van der Waals surface area contributed by atoms with Crippen molar-refractivity contribution in [3.8, 4) is 5.75 Å². The highest BCUT2D eigenvalue weighted by Crippen LogP contribution is 2.33. The molecule has 0 saturated heterocycles. The third-order valence-electron chi connectivity index (χ3n) is 4.34. The van der Waals surface area contributed by atoms with Gasteiger partial charge in [0.2, 0.25) is 5.13 Å². The van der Waals surface area contributed by atoms with Crippen molar-refractivity contribution in [1.82, 2.24) is 4.98 Å². The fraction of sp³-hybridized carbons (Fsp3) is 0.0952. The number of thiazole rings is 1. The van der Waals surface area contributed by atoms with E-state index in [0.29, 0.717) is 16.4 Å². The summed E-state index contributed by atoms with van der Waals surface area (Å²) >= 11 is 2.08. The number of carbonyl (C=O) groups excluding carboxylic acids is 1. The second-order valence-corrected chi connectivity index (χ2v) is 8.57. The van der Waals surface area contributed by atoms with Gasteiger partial charge in [-0.1, -0.05) is 52.5 Å². The van der Waals surface area contributed by atoms with Crippen molar-refractivity contribution in [3.05, 3.63) is 80.7 Å². The van der Waals surface area contributed by atoms with Crippen LogP contribution in [0.2, 0.25) is 0 Å². The van der Waals surface area contributed by atoms with E-state index in [1.807, 2.05) is 37.3 Å². The van der Waals surface area contributed by atoms with Crippen LogP contribution in [0.1, 0.15) is 20.8 Å². The van der Waals surface area contributed by atoms with Gasteiger partial charge in [0.15, 0.2) is 0 Å². The summed E-state index contributed by atoms with van der Waals surface area (Å²) in [6, 6.07) is 15.8. The number of fused-ring (bicyclic) bond motifs is 1. The number of nitrogens with zero attached hydrogens (tertiary/aromatic N) is 4. The van der Waals surface area contributed by atoms with E-state index >= 15 is 0 Å². The van der Waals surface area contributed by atoms with Crippen molar-refractivity contribution < 1.29 is 14.5 Å². The van der Waals surface area contributed by atoms with Gasteiger partial charge < -0.3 is 4.74 Å². The van der Waals surface area contributed by atoms with E-state index in [2.05, 4.69) is 10.1 Å². The Kier molecular flexibility index (Phi) is 5.74. The molecule has 0 radical (unpaired) electrons. The van der Waals surface area contributed by atoms with Gasteiger partial charge in [0.1, 0.15) is 10.6 Å². The molecule has 2 heterocycles. The van der Waals surface area contributed by atoms with E-state index in [1.165, 1.54) is 28.5 Å². The first kappa shape index (κ1) is 20.6. The number of aromatic nitrogens is 1. The molecule has 0 bridgehead atoms. The topological polar surface area (TPSA) is 97.9 Å². The molecule has 0 aliphatic carbocycles. The average molecular weight is 453 g/mol. The second-order valence-electron chi connectivity index (χ2n) is 6.50. The van der Waals surface area contributed by atoms with Crippen molar-refractivity contribution >= 4 is 55.1 Å². The van der Waals surface area contributed by atoms with Gasteiger partial charge in [-0.15, -0.1) is 0 Å². The lowest BCUT2D eigenvalue weighted by Crippen LogP contribution is -2.24. The van der Waals surface area contributed by atoms with Crippen LogP contribution in [0, 0.1) is 17.0 Å². The largest absolute Gasteiger partial charge is 0.497 e. The van der Waals surface area contributed by atoms with E-state index in [0.717, 1.165) is 27.2 Å². The lowest BCUT2D eigenvalue weighted by Gasteiger charge is -2.12. The number of hydrogen-bond donors (Lipinski definition) is 0. The number of methoxy groups -OCH3 is 1. The SMILES string of the molecule is COc1ccc2nc(N(/N=C/c3ccc(C)cc3)C(=O)c3ccc([N+](=O)[O-])s3)sc2c1. The van der Waals surface area contributed by atoms with Gasteiger partial charge in [-0.05, 0) is 36.8 Å². The fourth-order valence-electron chi connectivity index (χ4n) is 2.72. The molecule has 0 saturated carbocycles. The summed E-state index contributed by atoms with van der Waals surface area (Å²) in [5.41, 5.74) is 2.61. The number of amides is 1. The van der Waals surface area contributed by atoms with E-state index in [1.54, 1.807) is 25.5 Å². The van der Waals surface area contributed by atoms with E-state index in [9.17, 15) is 14.9 Å². The predicted molar refractivity (Wildman–Crippen MR) is 123 cm³/mol. The molecule has 0 atom stereocenters. The minimum Gasteiger partial charge on any atom is -0.497 e. The third kappa shape index (κ3) is 4.44. The monoisotopic (exact) mass is 452 g/mol. The number of ether oxygens (including phenoxy) is 1. The molecule has 10 heteroatoms. The second kappa shape index (κ2) is 8.62. The summed E-state index contributed by atoms with van der Waals surface area (Å²) in [6.07, 6.45) is 1.56. The van der Waals surface area contributed by atoms with Crippen LogP contribution in [-0.4, -0.2) is 29.1 Å². The lowest BCUT2D eigenvalue weighted by atomic mass is 10.2. The number of hydrogen-bond acceptors (Lipinski definition) is 8. The quantitative estimate of drug-likeness (QED) is 0.226. The Labute approximate surface area is 185 Å². The molecule has 8 nitrogen and oxygen atoms in total. The van der Waals surface area contributed by atoms with Gasteiger partial charge in [0, 0.05) is 6.07 Å². The summed E-state index contributed by atoms with van der Waals surface area (Å²) in [7, 11) is 1.58. The highest BCUT2D eigenvalue weighted by Gasteiger charge is 2.24. The van der Waals surface area contributed by atoms with Crippen LogP contribution < -0.4 is 9.75 Å². The maximum atomic E-state index is 13.2. The Balaban J connectivity index is 1.75. The Hall–Kier alpha value is -3.63. The summed E-state index contributed by atoms with van der Waals surface area (Å²) in [4.78, 5) is 28.4. The molecule has 4 aromatic rings. The van der Waals surface area contributed by atoms with E-state index in [4.69, 9.17) is 4.74 Å². The minimum atomic E-state index is -0.522. The first-order valence-electron chi connectivity index (χ1n) is 9.08. The zero-order chi connectivity index (χ0) is 22.0. The molecule has 0 N–H and O–H groups in total. The van der Waals surface area contributed by atoms with Gasteiger partial charge in [0.25, 0.3) is 5.91 Å². The van der Waals surface area contributed by atoms with Crippen molar-refractivity contribution in [3.63, 3.8) is 0 Å². The van der Waals surface area contributed by atoms with Crippen LogP contribution in [0.15, 0.2) is 59.7 Å². The van der Waals surface area contributed by atoms with Crippen molar-refractivity contribution in [1.29, 1.82) is 0 Å². The molecule has 0 aliphatic rings. The minimum absolute atomic E-state index is 0.111. The number of carbonyl (C=O) groups is 1. The summed E-state index contributed by atoms with van der Waals surface area (Å²) in [5.74, 6) is 0.185. The molecule has 0 fully saturated rings. The maximum absolute atomic E-state index is 13.2. The number of aryl methyl sites for hydroxylation is 1. The molecule has 2 aromatic carbocycles. The first-order chi connectivity index (χ1) is 14.9. The van der Waals surface area contributed by atoms with Gasteiger partial charge in [-0.2, -0.15) is 10.1 Å². The normalized spacial score (nSPS) is 11.2. The van der Waals surface area contributed by atoms with Crippen LogP contribution >= 0.6 is 22.7 Å². The highest BCUT2D eigenvalue weighted by molar-refractivity contribution is 7.22. The zero-order valence-corrected chi connectivity index (χ0v) is 18.1. The molecular weight excluding hydrogens is 436 g/mol. The number of hydrazone groups is 1. The summed E-state index contributed by atoms with van der Waals surface area (Å²) < 4.78 is 6.08. The van der Waals surface area contributed by atoms with Gasteiger partial charge >= 0.3 is 5.00 Å². The van der Waals surface area contributed by atoms with Crippen LogP contribution in [0.3, 0.4) is 0 Å². The summed E-state index contributed by atoms with van der Waals surface area (Å²) in [5, 5.41) is 16.8. The van der Waals surface area contributed by atoms with E-state index < -0.39 is 10.8 Å². The van der Waals surface area contributed by atoms with Crippen LogP contribution in [-0.2, 0) is 0 Å². The summed E-state index contributed by atoms with van der Waals surface area (Å²) in [6.45, 7) is 1.98.